The third kappa shape index (κ3) is 6.51. The smallest absolute Gasteiger partial charge is 0.373 e. The van der Waals surface area contributed by atoms with Gasteiger partial charge in [0, 0.05) is 12.3 Å². The van der Waals surface area contributed by atoms with Crippen molar-refractivity contribution in [3.8, 4) is 0 Å². The Balaban J connectivity index is 1.59. The molecule has 0 aromatic carbocycles. The van der Waals surface area contributed by atoms with Gasteiger partial charge < -0.3 is 10.1 Å². The first-order chi connectivity index (χ1) is 13.7. The molecule has 0 spiro atoms. The number of hydrogen-bond donors (Lipinski definition) is 4. The summed E-state index contributed by atoms with van der Waals surface area (Å²) in [7, 11) is 0. The highest BCUT2D eigenvalue weighted by atomic mass is 19.4. The summed E-state index contributed by atoms with van der Waals surface area (Å²) in [6.07, 6.45) is -2.85. The van der Waals surface area contributed by atoms with Gasteiger partial charge in [0.2, 0.25) is 5.91 Å². The Morgan fingerprint density at radius 1 is 1.14 bits per heavy atom. The van der Waals surface area contributed by atoms with Crippen LogP contribution in [0.25, 0.3) is 0 Å². The Morgan fingerprint density at radius 2 is 1.86 bits per heavy atom. The van der Waals surface area contributed by atoms with Crippen LogP contribution in [0.5, 0.6) is 0 Å². The molecule has 7 nitrogen and oxygen atoms in total. The lowest BCUT2D eigenvalue weighted by molar-refractivity contribution is -0.153. The van der Waals surface area contributed by atoms with Crippen LogP contribution in [0, 0.1) is 5.92 Å². The zero-order valence-electron chi connectivity index (χ0n) is 16.4. The van der Waals surface area contributed by atoms with Crippen LogP contribution in [0.1, 0.15) is 51.9 Å². The van der Waals surface area contributed by atoms with Crippen molar-refractivity contribution in [2.75, 3.05) is 6.54 Å². The molecule has 0 aromatic rings. The van der Waals surface area contributed by atoms with Gasteiger partial charge in [-0.3, -0.25) is 15.1 Å². The van der Waals surface area contributed by atoms with Crippen molar-refractivity contribution in [1.29, 1.82) is 0 Å². The molecule has 4 N–H and O–H groups in total. The monoisotopic (exact) mass is 423 g/mol. The largest absolute Gasteiger partial charge is 0.405 e. The molecule has 4 atom stereocenters. The summed E-state index contributed by atoms with van der Waals surface area (Å²) in [5, 5.41) is 5.54. The van der Waals surface area contributed by atoms with Crippen LogP contribution in [0.3, 0.4) is 0 Å². The van der Waals surface area contributed by atoms with E-state index in [1.54, 1.807) is 0 Å². The number of carbonyl (C=O) groups is 1. The first-order valence-electron chi connectivity index (χ1n) is 10.2. The lowest BCUT2D eigenvalue weighted by Crippen LogP contribution is -2.52. The van der Waals surface area contributed by atoms with Gasteiger partial charge in [0.05, 0.1) is 24.9 Å². The van der Waals surface area contributed by atoms with E-state index in [1.165, 1.54) is 0 Å². The van der Waals surface area contributed by atoms with Gasteiger partial charge in [-0.2, -0.15) is 13.2 Å². The van der Waals surface area contributed by atoms with E-state index in [1.807, 2.05) is 6.92 Å². The predicted molar refractivity (Wildman–Crippen MR) is 98.5 cm³/mol. The van der Waals surface area contributed by atoms with Crippen LogP contribution in [-0.4, -0.2) is 55.2 Å². The molecular formula is C18H29F4N5O2. The third-order valence-corrected chi connectivity index (χ3v) is 5.65. The Bertz CT molecular complexity index is 595. The van der Waals surface area contributed by atoms with Crippen LogP contribution < -0.4 is 21.5 Å². The average Bonchev–Trinajstić information content (AvgIpc) is 3.29. The molecule has 1 aliphatic carbocycles. The van der Waals surface area contributed by atoms with E-state index >= 15 is 0 Å². The van der Waals surface area contributed by atoms with Crippen molar-refractivity contribution in [3.63, 3.8) is 0 Å². The quantitative estimate of drug-likeness (QED) is 0.315. The van der Waals surface area contributed by atoms with E-state index in [0.29, 0.717) is 32.2 Å². The molecule has 11 heteroatoms. The van der Waals surface area contributed by atoms with E-state index in [9.17, 15) is 22.4 Å². The van der Waals surface area contributed by atoms with Crippen LogP contribution in [0.15, 0.2) is 4.99 Å². The highest BCUT2D eigenvalue weighted by Crippen LogP contribution is 2.27. The standard InChI is InChI=1S/C18H29F4N5O2/c1-10-2-7-13(29-10)9-23-17(24-15-8-14(26-27-15)18(20,21)22)25-16(28)11-3-5-12(19)6-4-11/h10-15,26-27H,2-9H2,1H3,(H2,23,24,25,28). The molecule has 0 aromatic heterocycles. The summed E-state index contributed by atoms with van der Waals surface area (Å²) in [4.78, 5) is 16.9. The van der Waals surface area contributed by atoms with Gasteiger partial charge in [-0.15, -0.1) is 0 Å². The van der Waals surface area contributed by atoms with Gasteiger partial charge in [-0.25, -0.2) is 15.2 Å². The van der Waals surface area contributed by atoms with Gasteiger partial charge in [-0.05, 0) is 45.4 Å². The second-order valence-electron chi connectivity index (χ2n) is 8.09. The average molecular weight is 423 g/mol. The summed E-state index contributed by atoms with van der Waals surface area (Å²) >= 11 is 0. The van der Waals surface area contributed by atoms with E-state index in [4.69, 9.17) is 4.74 Å². The SMILES string of the molecule is CC1CCC(CN=C(NC(=O)C2CCC(F)CC2)NC2CC(C(F)(F)F)NN2)O1. The molecule has 4 unspecified atom stereocenters. The molecule has 2 aliphatic heterocycles. The Morgan fingerprint density at radius 3 is 2.45 bits per heavy atom. The molecule has 1 saturated carbocycles. The first-order valence-corrected chi connectivity index (χ1v) is 10.2. The van der Waals surface area contributed by atoms with Crippen molar-refractivity contribution in [1.82, 2.24) is 21.5 Å². The zero-order chi connectivity index (χ0) is 21.0. The summed E-state index contributed by atoms with van der Waals surface area (Å²) in [6.45, 7) is 2.27. The number of halogens is 4. The molecular weight excluding hydrogens is 394 g/mol. The van der Waals surface area contributed by atoms with Crippen molar-refractivity contribution in [2.24, 2.45) is 10.9 Å². The van der Waals surface area contributed by atoms with Crippen LogP contribution >= 0.6 is 0 Å². The predicted octanol–water partition coefficient (Wildman–Crippen LogP) is 1.90. The van der Waals surface area contributed by atoms with Crippen LogP contribution in [0.4, 0.5) is 17.6 Å². The fourth-order valence-electron chi connectivity index (χ4n) is 3.90. The summed E-state index contributed by atoms with van der Waals surface area (Å²) in [5.41, 5.74) is 4.75. The number of hydrogen-bond acceptors (Lipinski definition) is 5. The maximum Gasteiger partial charge on any atom is 0.405 e. The number of amides is 1. The van der Waals surface area contributed by atoms with Gasteiger partial charge in [0.1, 0.15) is 12.2 Å². The summed E-state index contributed by atoms with van der Waals surface area (Å²) < 4.78 is 57.6. The highest BCUT2D eigenvalue weighted by molar-refractivity contribution is 5.98. The topological polar surface area (TPSA) is 86.8 Å². The summed E-state index contributed by atoms with van der Waals surface area (Å²) in [6, 6.07) is -1.68. The number of nitrogens with zero attached hydrogens (tertiary/aromatic N) is 1. The number of nitrogens with one attached hydrogen (secondary N) is 4. The molecule has 3 rings (SSSR count). The maximum absolute atomic E-state index is 13.3. The number of rotatable bonds is 4. The van der Waals surface area contributed by atoms with Gasteiger partial charge in [-0.1, -0.05) is 0 Å². The minimum absolute atomic E-state index is 0.0849. The number of hydrazine groups is 1. The normalized spacial score (nSPS) is 36.2. The Labute approximate surface area is 167 Å². The molecule has 0 radical (unpaired) electrons. The lowest BCUT2D eigenvalue weighted by atomic mass is 9.87. The fraction of sp³-hybridized carbons (Fsp3) is 0.889. The minimum atomic E-state index is -4.37. The number of ether oxygens (including phenoxy) is 1. The number of aliphatic imine (C=N–C) groups is 1. The molecule has 2 heterocycles. The molecule has 0 bridgehead atoms. The van der Waals surface area contributed by atoms with Crippen molar-refractivity contribution in [3.05, 3.63) is 0 Å². The number of alkyl halides is 4. The van der Waals surface area contributed by atoms with E-state index in [2.05, 4.69) is 26.5 Å². The third-order valence-electron chi connectivity index (χ3n) is 5.65. The molecule has 1 amide bonds. The van der Waals surface area contributed by atoms with Gasteiger partial charge in [0.15, 0.2) is 5.96 Å². The van der Waals surface area contributed by atoms with Gasteiger partial charge >= 0.3 is 6.18 Å². The molecule has 166 valence electrons. The molecule has 29 heavy (non-hydrogen) atoms. The minimum Gasteiger partial charge on any atom is -0.373 e. The molecule has 2 saturated heterocycles. The van der Waals surface area contributed by atoms with Crippen molar-refractivity contribution < 1.29 is 27.1 Å². The maximum atomic E-state index is 13.3. The van der Waals surface area contributed by atoms with Crippen molar-refractivity contribution >= 4 is 11.9 Å². The van der Waals surface area contributed by atoms with Crippen molar-refractivity contribution in [2.45, 2.75) is 88.6 Å². The Hall–Kier alpha value is -1.46. The van der Waals surface area contributed by atoms with Crippen LogP contribution in [-0.2, 0) is 9.53 Å². The fourth-order valence-corrected chi connectivity index (χ4v) is 3.90. The second kappa shape index (κ2) is 9.57. The van der Waals surface area contributed by atoms with E-state index < -0.39 is 24.6 Å². The summed E-state index contributed by atoms with van der Waals surface area (Å²) in [5.74, 6) is -0.501. The van der Waals surface area contributed by atoms with Gasteiger partial charge in [0.25, 0.3) is 0 Å². The number of guanidine groups is 1. The molecule has 3 fully saturated rings. The first kappa shape index (κ1) is 22.2. The van der Waals surface area contributed by atoms with Crippen LogP contribution in [0.2, 0.25) is 0 Å². The zero-order valence-corrected chi connectivity index (χ0v) is 16.4. The molecule has 3 aliphatic rings. The highest BCUT2D eigenvalue weighted by Gasteiger charge is 2.44. The van der Waals surface area contributed by atoms with E-state index in [-0.39, 0.29) is 36.4 Å². The Kier molecular flexibility index (Phi) is 7.33. The number of carbonyl (C=O) groups excluding carboxylic acids is 1. The van der Waals surface area contributed by atoms with E-state index in [0.717, 1.165) is 12.8 Å². The lowest BCUT2D eigenvalue weighted by Gasteiger charge is -2.24. The second-order valence-corrected chi connectivity index (χ2v) is 8.09.